The molecular formula is C26H32N4O3S. The van der Waals surface area contributed by atoms with Gasteiger partial charge in [0.15, 0.2) is 0 Å². The van der Waals surface area contributed by atoms with Crippen LogP contribution in [0.1, 0.15) is 42.5 Å². The number of rotatable bonds is 7. The minimum Gasteiger partial charge on any atom is -0.339 e. The third-order valence-corrected chi connectivity index (χ3v) is 8.73. The summed E-state index contributed by atoms with van der Waals surface area (Å²) in [5.74, 6) is 0.0110. The van der Waals surface area contributed by atoms with E-state index in [0.29, 0.717) is 43.2 Å². The highest BCUT2D eigenvalue weighted by molar-refractivity contribution is 7.89. The van der Waals surface area contributed by atoms with E-state index in [0.717, 1.165) is 30.4 Å². The number of hydrogen-bond acceptors (Lipinski definition) is 5. The minimum atomic E-state index is -3.55. The van der Waals surface area contributed by atoms with Gasteiger partial charge in [0.1, 0.15) is 0 Å². The van der Waals surface area contributed by atoms with Crippen molar-refractivity contribution >= 4 is 15.9 Å². The normalized spacial score (nSPS) is 16.6. The second kappa shape index (κ2) is 10.3. The largest absolute Gasteiger partial charge is 0.339 e. The zero-order valence-electron chi connectivity index (χ0n) is 19.9. The maximum Gasteiger partial charge on any atom is 0.243 e. The predicted octanol–water partition coefficient (Wildman–Crippen LogP) is 2.79. The summed E-state index contributed by atoms with van der Waals surface area (Å²) in [7, 11) is -3.55. The minimum absolute atomic E-state index is 0.0110. The number of nitriles is 1. The molecular weight excluding hydrogens is 448 g/mol. The van der Waals surface area contributed by atoms with Crippen LogP contribution in [-0.2, 0) is 34.2 Å². The van der Waals surface area contributed by atoms with E-state index in [1.165, 1.54) is 9.87 Å². The summed E-state index contributed by atoms with van der Waals surface area (Å²) in [4.78, 5) is 17.3. The zero-order valence-corrected chi connectivity index (χ0v) is 20.7. The zero-order chi connectivity index (χ0) is 24.3. The number of carbonyl (C=O) groups is 1. The molecule has 180 valence electrons. The maximum atomic E-state index is 13.2. The Balaban J connectivity index is 1.35. The molecule has 0 saturated carbocycles. The van der Waals surface area contributed by atoms with Crippen molar-refractivity contribution in [3.8, 4) is 6.07 Å². The summed E-state index contributed by atoms with van der Waals surface area (Å²) in [6.45, 7) is 6.40. The van der Waals surface area contributed by atoms with Crippen molar-refractivity contribution in [2.24, 2.45) is 0 Å². The molecule has 0 aromatic heterocycles. The quantitative estimate of drug-likeness (QED) is 0.608. The molecule has 0 N–H and O–H groups in total. The molecule has 0 bridgehead atoms. The Hall–Kier alpha value is -2.73. The Morgan fingerprint density at radius 2 is 1.71 bits per heavy atom. The third kappa shape index (κ3) is 5.33. The van der Waals surface area contributed by atoms with Crippen molar-refractivity contribution in [3.05, 3.63) is 64.7 Å². The lowest BCUT2D eigenvalue weighted by atomic mass is 10.1. The van der Waals surface area contributed by atoms with Crippen LogP contribution in [-0.4, -0.2) is 67.2 Å². The van der Waals surface area contributed by atoms with Gasteiger partial charge in [-0.3, -0.25) is 9.69 Å². The van der Waals surface area contributed by atoms with Gasteiger partial charge in [0.2, 0.25) is 15.9 Å². The summed E-state index contributed by atoms with van der Waals surface area (Å²) in [5, 5.41) is 8.98. The SMILES string of the molecule is CC(C)N(CC(=O)N1CCN(S(=O)(=O)c2ccc3c(c2)CCC3)CC1)Cc1ccc(C#N)cc1. The van der Waals surface area contributed by atoms with E-state index in [2.05, 4.69) is 24.8 Å². The Morgan fingerprint density at radius 3 is 2.35 bits per heavy atom. The van der Waals surface area contributed by atoms with Crippen molar-refractivity contribution < 1.29 is 13.2 Å². The first-order valence-corrected chi connectivity index (χ1v) is 13.3. The molecule has 1 heterocycles. The highest BCUT2D eigenvalue weighted by Crippen LogP contribution is 2.26. The lowest BCUT2D eigenvalue weighted by molar-refractivity contribution is -0.134. The molecule has 2 aromatic carbocycles. The molecule has 0 unspecified atom stereocenters. The van der Waals surface area contributed by atoms with Gasteiger partial charge >= 0.3 is 0 Å². The molecule has 0 atom stereocenters. The molecule has 4 rings (SSSR count). The van der Waals surface area contributed by atoms with E-state index in [-0.39, 0.29) is 18.5 Å². The monoisotopic (exact) mass is 480 g/mol. The number of amides is 1. The van der Waals surface area contributed by atoms with Crippen LogP contribution in [0.3, 0.4) is 0 Å². The van der Waals surface area contributed by atoms with E-state index in [1.54, 1.807) is 23.1 Å². The Labute approximate surface area is 202 Å². The number of fused-ring (bicyclic) bond motifs is 1. The van der Waals surface area contributed by atoms with Crippen LogP contribution in [0.4, 0.5) is 0 Å². The van der Waals surface area contributed by atoms with Crippen LogP contribution >= 0.6 is 0 Å². The van der Waals surface area contributed by atoms with Gasteiger partial charge in [0, 0.05) is 38.8 Å². The molecule has 1 fully saturated rings. The van der Waals surface area contributed by atoms with Gasteiger partial charge in [-0.15, -0.1) is 0 Å². The van der Waals surface area contributed by atoms with E-state index >= 15 is 0 Å². The van der Waals surface area contributed by atoms with E-state index in [4.69, 9.17) is 5.26 Å². The highest BCUT2D eigenvalue weighted by Gasteiger charge is 2.31. The van der Waals surface area contributed by atoms with Gasteiger partial charge < -0.3 is 4.90 Å². The fourth-order valence-electron chi connectivity index (χ4n) is 4.65. The number of nitrogens with zero attached hydrogens (tertiary/aromatic N) is 4. The number of aryl methyl sites for hydroxylation is 2. The van der Waals surface area contributed by atoms with Gasteiger partial charge in [0.05, 0.1) is 23.1 Å². The average molecular weight is 481 g/mol. The molecule has 2 aromatic rings. The number of carbonyl (C=O) groups excluding carboxylic acids is 1. The lowest BCUT2D eigenvalue weighted by Gasteiger charge is -2.36. The van der Waals surface area contributed by atoms with Gasteiger partial charge in [-0.1, -0.05) is 18.2 Å². The van der Waals surface area contributed by atoms with E-state index in [1.807, 2.05) is 24.3 Å². The predicted molar refractivity (Wildman–Crippen MR) is 131 cm³/mol. The van der Waals surface area contributed by atoms with Gasteiger partial charge in [0.25, 0.3) is 0 Å². The molecule has 8 heteroatoms. The van der Waals surface area contributed by atoms with Crippen molar-refractivity contribution in [2.45, 2.75) is 50.6 Å². The number of piperazine rings is 1. The topological polar surface area (TPSA) is 84.7 Å². The molecule has 7 nitrogen and oxygen atoms in total. The standard InChI is InChI=1S/C26H32N4O3S/c1-20(2)29(18-22-8-6-21(17-27)7-9-22)19-26(31)28-12-14-30(15-13-28)34(32,33)25-11-10-23-4-3-5-24(23)16-25/h6-11,16,20H,3-5,12-15,18-19H2,1-2H3. The summed E-state index contributed by atoms with van der Waals surface area (Å²) >= 11 is 0. The number of benzene rings is 2. The molecule has 1 saturated heterocycles. The lowest BCUT2D eigenvalue weighted by Crippen LogP contribution is -2.53. The average Bonchev–Trinajstić information content (AvgIpc) is 3.32. The van der Waals surface area contributed by atoms with Crippen LogP contribution in [0.25, 0.3) is 0 Å². The fraction of sp³-hybridized carbons (Fsp3) is 0.462. The van der Waals surface area contributed by atoms with Crippen molar-refractivity contribution in [1.82, 2.24) is 14.1 Å². The van der Waals surface area contributed by atoms with Crippen molar-refractivity contribution in [3.63, 3.8) is 0 Å². The van der Waals surface area contributed by atoms with Crippen LogP contribution in [0.5, 0.6) is 0 Å². The molecule has 0 spiro atoms. The van der Waals surface area contributed by atoms with E-state index in [9.17, 15) is 13.2 Å². The Kier molecular flexibility index (Phi) is 7.36. The highest BCUT2D eigenvalue weighted by atomic mass is 32.2. The van der Waals surface area contributed by atoms with Crippen LogP contribution in [0.15, 0.2) is 47.4 Å². The van der Waals surface area contributed by atoms with Crippen LogP contribution in [0, 0.1) is 11.3 Å². The molecule has 2 aliphatic rings. The summed E-state index contributed by atoms with van der Waals surface area (Å²) in [5.41, 5.74) is 4.06. The number of sulfonamides is 1. The third-order valence-electron chi connectivity index (χ3n) is 6.84. The molecule has 1 aliphatic heterocycles. The first-order chi connectivity index (χ1) is 16.3. The van der Waals surface area contributed by atoms with Crippen molar-refractivity contribution in [2.75, 3.05) is 32.7 Å². The summed E-state index contributed by atoms with van der Waals surface area (Å²) < 4.78 is 27.9. The smallest absolute Gasteiger partial charge is 0.243 e. The van der Waals surface area contributed by atoms with Gasteiger partial charge in [-0.05, 0) is 74.1 Å². The van der Waals surface area contributed by atoms with Gasteiger partial charge in [-0.2, -0.15) is 9.57 Å². The first-order valence-electron chi connectivity index (χ1n) is 11.9. The second-order valence-electron chi connectivity index (χ2n) is 9.38. The van der Waals surface area contributed by atoms with Gasteiger partial charge in [-0.25, -0.2) is 8.42 Å². The second-order valence-corrected chi connectivity index (χ2v) is 11.3. The Bertz CT molecular complexity index is 1180. The summed E-state index contributed by atoms with van der Waals surface area (Å²) in [6.07, 6.45) is 3.04. The maximum absolute atomic E-state index is 13.2. The first kappa shape index (κ1) is 24.4. The van der Waals surface area contributed by atoms with E-state index < -0.39 is 10.0 Å². The molecule has 1 aliphatic carbocycles. The van der Waals surface area contributed by atoms with Crippen molar-refractivity contribution in [1.29, 1.82) is 5.26 Å². The summed E-state index contributed by atoms with van der Waals surface area (Å²) in [6, 6.07) is 15.2. The number of hydrogen-bond donors (Lipinski definition) is 0. The Morgan fingerprint density at radius 1 is 1.03 bits per heavy atom. The fourth-order valence-corrected chi connectivity index (χ4v) is 6.12. The van der Waals surface area contributed by atoms with Crippen LogP contribution < -0.4 is 0 Å². The molecule has 1 amide bonds. The van der Waals surface area contributed by atoms with Crippen LogP contribution in [0.2, 0.25) is 0 Å². The molecule has 34 heavy (non-hydrogen) atoms. The molecule has 0 radical (unpaired) electrons.